The van der Waals surface area contributed by atoms with Crippen LogP contribution in [-0.2, 0) is 11.2 Å². The molecule has 158 valence electrons. The summed E-state index contributed by atoms with van der Waals surface area (Å²) in [6.45, 7) is 4.46. The molecule has 28 heavy (non-hydrogen) atoms. The number of unbranched alkanes of at least 4 members (excludes halogenated alkanes) is 11. The summed E-state index contributed by atoms with van der Waals surface area (Å²) in [5.74, 6) is 0.0637. The van der Waals surface area contributed by atoms with E-state index < -0.39 is 0 Å². The Morgan fingerprint density at radius 2 is 1.14 bits per heavy atom. The number of hydrogen-bond acceptors (Lipinski definition) is 2. The highest BCUT2D eigenvalue weighted by Gasteiger charge is 2.11. The lowest BCUT2D eigenvalue weighted by Gasteiger charge is -2.05. The zero-order valence-electron chi connectivity index (χ0n) is 18.4. The van der Waals surface area contributed by atoms with Crippen molar-refractivity contribution >= 4 is 11.6 Å². The third-order valence-corrected chi connectivity index (χ3v) is 5.51. The number of Topliss-reactive ketones (excluding diaryl/α,β-unsaturated/α-hetero) is 2. The maximum absolute atomic E-state index is 12.3. The van der Waals surface area contributed by atoms with Crippen molar-refractivity contribution in [2.24, 2.45) is 0 Å². The quantitative estimate of drug-likeness (QED) is 0.146. The van der Waals surface area contributed by atoms with Crippen LogP contribution in [0.1, 0.15) is 126 Å². The number of aryl methyl sites for hydroxylation is 1. The van der Waals surface area contributed by atoms with Crippen molar-refractivity contribution in [1.29, 1.82) is 0 Å². The van der Waals surface area contributed by atoms with Gasteiger partial charge in [0, 0.05) is 12.0 Å². The summed E-state index contributed by atoms with van der Waals surface area (Å²) in [4.78, 5) is 24.4. The largest absolute Gasteiger partial charge is 0.299 e. The molecule has 0 radical (unpaired) electrons. The summed E-state index contributed by atoms with van der Waals surface area (Å²) in [6.07, 6.45) is 17.9. The van der Waals surface area contributed by atoms with E-state index in [2.05, 4.69) is 26.0 Å². The van der Waals surface area contributed by atoms with Gasteiger partial charge in [0.1, 0.15) is 5.78 Å². The monoisotopic (exact) mass is 386 g/mol. The molecule has 2 nitrogen and oxygen atoms in total. The molecule has 0 aliphatic heterocycles. The molecule has 0 aromatic heterocycles. The normalized spacial score (nSPS) is 10.9. The highest BCUT2D eigenvalue weighted by molar-refractivity contribution is 6.07. The lowest BCUT2D eigenvalue weighted by molar-refractivity contribution is -0.118. The van der Waals surface area contributed by atoms with Gasteiger partial charge in [0.15, 0.2) is 5.78 Å². The maximum Gasteiger partial charge on any atom is 0.170 e. The summed E-state index contributed by atoms with van der Waals surface area (Å²) in [5, 5.41) is 0. The van der Waals surface area contributed by atoms with Crippen LogP contribution in [-0.4, -0.2) is 11.6 Å². The molecule has 0 amide bonds. The molecule has 0 fully saturated rings. The average molecular weight is 387 g/mol. The van der Waals surface area contributed by atoms with Crippen LogP contribution in [0.2, 0.25) is 0 Å². The van der Waals surface area contributed by atoms with E-state index in [0.29, 0.717) is 12.0 Å². The van der Waals surface area contributed by atoms with Crippen LogP contribution in [0.25, 0.3) is 0 Å². The van der Waals surface area contributed by atoms with E-state index in [1.54, 1.807) is 0 Å². The fourth-order valence-electron chi connectivity index (χ4n) is 3.62. The zero-order chi connectivity index (χ0) is 20.5. The van der Waals surface area contributed by atoms with Crippen molar-refractivity contribution in [3.8, 4) is 0 Å². The molecule has 0 aliphatic carbocycles. The van der Waals surface area contributed by atoms with E-state index in [0.717, 1.165) is 19.3 Å². The first-order valence-corrected chi connectivity index (χ1v) is 11.8. The van der Waals surface area contributed by atoms with Crippen molar-refractivity contribution in [2.75, 3.05) is 0 Å². The number of rotatable bonds is 18. The molecule has 1 aromatic carbocycles. The Morgan fingerprint density at radius 3 is 1.71 bits per heavy atom. The van der Waals surface area contributed by atoms with Crippen LogP contribution in [0, 0.1) is 0 Å². The minimum absolute atomic E-state index is 0.0286. The molecule has 1 rings (SSSR count). The van der Waals surface area contributed by atoms with Gasteiger partial charge in [-0.2, -0.15) is 0 Å². The van der Waals surface area contributed by atoms with E-state index in [1.165, 1.54) is 76.2 Å². The summed E-state index contributed by atoms with van der Waals surface area (Å²) < 4.78 is 0. The van der Waals surface area contributed by atoms with E-state index in [4.69, 9.17) is 0 Å². The van der Waals surface area contributed by atoms with E-state index in [9.17, 15) is 9.59 Å². The van der Waals surface area contributed by atoms with Gasteiger partial charge in [0.2, 0.25) is 0 Å². The van der Waals surface area contributed by atoms with Crippen molar-refractivity contribution < 1.29 is 9.59 Å². The number of benzene rings is 1. The Hall–Kier alpha value is -1.44. The molecule has 0 aliphatic rings. The Balaban J connectivity index is 2.18. The van der Waals surface area contributed by atoms with E-state index in [1.807, 2.05) is 12.1 Å². The summed E-state index contributed by atoms with van der Waals surface area (Å²) in [5.41, 5.74) is 1.97. The average Bonchev–Trinajstić information content (AvgIpc) is 2.70. The number of carbonyl (C=O) groups excluding carboxylic acids is 2. The van der Waals surface area contributed by atoms with Crippen LogP contribution in [0.3, 0.4) is 0 Å². The molecule has 0 heterocycles. The first-order chi connectivity index (χ1) is 13.7. The van der Waals surface area contributed by atoms with Crippen LogP contribution in [0.15, 0.2) is 24.3 Å². The predicted molar refractivity (Wildman–Crippen MR) is 120 cm³/mol. The van der Waals surface area contributed by atoms with Crippen molar-refractivity contribution in [3.05, 3.63) is 35.4 Å². The second-order valence-corrected chi connectivity index (χ2v) is 8.22. The van der Waals surface area contributed by atoms with Crippen LogP contribution in [0.5, 0.6) is 0 Å². The maximum atomic E-state index is 12.3. The van der Waals surface area contributed by atoms with Gasteiger partial charge in [0.25, 0.3) is 0 Å². The molecule has 0 saturated carbocycles. The molecule has 0 saturated heterocycles. The highest BCUT2D eigenvalue weighted by Crippen LogP contribution is 2.14. The SMILES string of the molecule is CCCCCCCCCC(=O)CC(=O)c1ccc(CCCCCCCC)cc1. The smallest absolute Gasteiger partial charge is 0.170 e. The Kier molecular flexibility index (Phi) is 14.5. The Bertz CT molecular complexity index is 530. The lowest BCUT2D eigenvalue weighted by Crippen LogP contribution is -2.08. The van der Waals surface area contributed by atoms with Gasteiger partial charge in [-0.15, -0.1) is 0 Å². The van der Waals surface area contributed by atoms with Crippen molar-refractivity contribution in [1.82, 2.24) is 0 Å². The van der Waals surface area contributed by atoms with Crippen LogP contribution >= 0.6 is 0 Å². The predicted octanol–water partition coefficient (Wildman–Crippen LogP) is 7.87. The number of ketones is 2. The second-order valence-electron chi connectivity index (χ2n) is 8.22. The first-order valence-electron chi connectivity index (χ1n) is 11.8. The molecular weight excluding hydrogens is 344 g/mol. The fourth-order valence-corrected chi connectivity index (χ4v) is 3.62. The molecule has 0 spiro atoms. The van der Waals surface area contributed by atoms with Crippen molar-refractivity contribution in [3.63, 3.8) is 0 Å². The van der Waals surface area contributed by atoms with Gasteiger partial charge >= 0.3 is 0 Å². The Morgan fingerprint density at radius 1 is 0.643 bits per heavy atom. The number of carbonyl (C=O) groups is 2. The Labute approximate surface area is 173 Å². The van der Waals surface area contributed by atoms with Gasteiger partial charge < -0.3 is 0 Å². The third kappa shape index (κ3) is 12.1. The highest BCUT2D eigenvalue weighted by atomic mass is 16.1. The lowest BCUT2D eigenvalue weighted by atomic mass is 9.99. The van der Waals surface area contributed by atoms with Gasteiger partial charge in [-0.1, -0.05) is 109 Å². The van der Waals surface area contributed by atoms with Gasteiger partial charge in [0.05, 0.1) is 6.42 Å². The van der Waals surface area contributed by atoms with Crippen molar-refractivity contribution in [2.45, 2.75) is 117 Å². The van der Waals surface area contributed by atoms with E-state index >= 15 is 0 Å². The minimum Gasteiger partial charge on any atom is -0.299 e. The first kappa shape index (κ1) is 24.6. The number of hydrogen-bond donors (Lipinski definition) is 0. The molecule has 0 N–H and O–H groups in total. The third-order valence-electron chi connectivity index (χ3n) is 5.51. The molecule has 2 heteroatoms. The topological polar surface area (TPSA) is 34.1 Å². The zero-order valence-corrected chi connectivity index (χ0v) is 18.4. The summed E-state index contributed by atoms with van der Waals surface area (Å²) >= 11 is 0. The minimum atomic E-state index is -0.0286. The van der Waals surface area contributed by atoms with Gasteiger partial charge in [-0.3, -0.25) is 9.59 Å². The summed E-state index contributed by atoms with van der Waals surface area (Å²) in [6, 6.07) is 7.91. The van der Waals surface area contributed by atoms with E-state index in [-0.39, 0.29) is 18.0 Å². The van der Waals surface area contributed by atoms with Gasteiger partial charge in [-0.05, 0) is 24.8 Å². The summed E-state index contributed by atoms with van der Waals surface area (Å²) in [7, 11) is 0. The molecule has 0 bridgehead atoms. The van der Waals surface area contributed by atoms with Crippen LogP contribution < -0.4 is 0 Å². The molecule has 0 atom stereocenters. The fraction of sp³-hybridized carbons (Fsp3) is 0.692. The van der Waals surface area contributed by atoms with Crippen LogP contribution in [0.4, 0.5) is 0 Å². The standard InChI is InChI=1S/C26H42O2/c1-3-5-7-9-11-13-15-17-25(27)22-26(28)24-20-18-23(19-21-24)16-14-12-10-8-6-4-2/h18-21H,3-17,22H2,1-2H3. The second kappa shape index (κ2) is 16.5. The molecular formula is C26H42O2. The van der Waals surface area contributed by atoms with Gasteiger partial charge in [-0.25, -0.2) is 0 Å². The molecule has 0 unspecified atom stereocenters. The molecule has 1 aromatic rings.